The lowest BCUT2D eigenvalue weighted by Crippen LogP contribution is -2.50. The molecule has 1 rings (SSSR count). The highest BCUT2D eigenvalue weighted by Gasteiger charge is 2.32. The van der Waals surface area contributed by atoms with Crippen molar-refractivity contribution >= 4 is 28.2 Å². The van der Waals surface area contributed by atoms with Gasteiger partial charge in [-0.3, -0.25) is 4.79 Å². The predicted molar refractivity (Wildman–Crippen MR) is 85.9 cm³/mol. The van der Waals surface area contributed by atoms with Crippen molar-refractivity contribution in [3.05, 3.63) is 16.0 Å². The molecule has 1 aromatic rings. The summed E-state index contributed by atoms with van der Waals surface area (Å²) in [6, 6.07) is 0. The Hall–Kier alpha value is -1.40. The molecule has 1 heterocycles. The van der Waals surface area contributed by atoms with Gasteiger partial charge in [0, 0.05) is 4.88 Å². The molecule has 0 aliphatic heterocycles. The van der Waals surface area contributed by atoms with E-state index in [0.29, 0.717) is 30.0 Å². The summed E-state index contributed by atoms with van der Waals surface area (Å²) in [4.78, 5) is 25.4. The number of anilines is 1. The third-order valence-electron chi connectivity index (χ3n) is 3.81. The second-order valence-electron chi connectivity index (χ2n) is 5.03. The second kappa shape index (κ2) is 7.04. The first-order chi connectivity index (χ1) is 9.80. The van der Waals surface area contributed by atoms with E-state index in [-0.39, 0.29) is 5.91 Å². The Labute approximate surface area is 129 Å². The van der Waals surface area contributed by atoms with Crippen molar-refractivity contribution < 1.29 is 14.3 Å². The molecule has 5 nitrogen and oxygen atoms in total. The Morgan fingerprint density at radius 3 is 2.29 bits per heavy atom. The van der Waals surface area contributed by atoms with Gasteiger partial charge in [0.25, 0.3) is 0 Å². The lowest BCUT2D eigenvalue weighted by Gasteiger charge is -2.25. The Kier molecular flexibility index (Phi) is 5.92. The van der Waals surface area contributed by atoms with Gasteiger partial charge in [-0.25, -0.2) is 4.79 Å². The summed E-state index contributed by atoms with van der Waals surface area (Å²) in [7, 11) is 0. The van der Waals surface area contributed by atoms with E-state index in [9.17, 15) is 9.59 Å². The van der Waals surface area contributed by atoms with Crippen molar-refractivity contribution in [3.63, 3.8) is 0 Å². The van der Waals surface area contributed by atoms with Gasteiger partial charge in [0.1, 0.15) is 5.00 Å². The van der Waals surface area contributed by atoms with Gasteiger partial charge in [-0.2, -0.15) is 0 Å². The number of thiophene rings is 1. The van der Waals surface area contributed by atoms with Crippen molar-refractivity contribution in [2.24, 2.45) is 5.73 Å². The zero-order valence-electron chi connectivity index (χ0n) is 13.3. The first kappa shape index (κ1) is 17.7. The molecule has 0 atom stereocenters. The van der Waals surface area contributed by atoms with E-state index >= 15 is 0 Å². The molecule has 1 amide bonds. The number of ether oxygens (including phenoxy) is 1. The highest BCUT2D eigenvalue weighted by molar-refractivity contribution is 7.16. The lowest BCUT2D eigenvalue weighted by molar-refractivity contribution is -0.121. The van der Waals surface area contributed by atoms with E-state index in [0.717, 1.165) is 10.4 Å². The Balaban J connectivity index is 3.12. The number of hydrogen-bond acceptors (Lipinski definition) is 5. The summed E-state index contributed by atoms with van der Waals surface area (Å²) in [5.41, 5.74) is 6.45. The summed E-state index contributed by atoms with van der Waals surface area (Å²) in [6.45, 7) is 9.56. The van der Waals surface area contributed by atoms with Gasteiger partial charge in [0.2, 0.25) is 5.91 Å². The minimum absolute atomic E-state index is 0.265. The van der Waals surface area contributed by atoms with Crippen LogP contribution >= 0.6 is 11.3 Å². The summed E-state index contributed by atoms with van der Waals surface area (Å²) in [5, 5.41) is 3.33. The smallest absolute Gasteiger partial charge is 0.341 e. The van der Waals surface area contributed by atoms with E-state index in [1.165, 1.54) is 11.3 Å². The largest absolute Gasteiger partial charge is 0.462 e. The third kappa shape index (κ3) is 3.63. The first-order valence-electron chi connectivity index (χ1n) is 7.18. The molecule has 0 radical (unpaired) electrons. The van der Waals surface area contributed by atoms with Crippen LogP contribution in [0.3, 0.4) is 0 Å². The minimum atomic E-state index is -0.919. The maximum absolute atomic E-state index is 12.4. The second-order valence-corrected chi connectivity index (χ2v) is 6.25. The van der Waals surface area contributed by atoms with E-state index in [1.807, 2.05) is 27.7 Å². The van der Waals surface area contributed by atoms with Crippen LogP contribution < -0.4 is 11.1 Å². The van der Waals surface area contributed by atoms with Crippen LogP contribution in [0.15, 0.2) is 0 Å². The molecular weight excluding hydrogens is 288 g/mol. The van der Waals surface area contributed by atoms with Crippen molar-refractivity contribution in [1.29, 1.82) is 0 Å². The molecule has 6 heteroatoms. The number of amides is 1. The van der Waals surface area contributed by atoms with E-state index in [1.54, 1.807) is 6.92 Å². The molecule has 1 aromatic heterocycles. The molecule has 0 fully saturated rings. The minimum Gasteiger partial charge on any atom is -0.462 e. The van der Waals surface area contributed by atoms with Gasteiger partial charge < -0.3 is 15.8 Å². The van der Waals surface area contributed by atoms with E-state index in [4.69, 9.17) is 10.5 Å². The lowest BCUT2D eigenvalue weighted by atomic mass is 9.93. The van der Waals surface area contributed by atoms with Gasteiger partial charge in [-0.15, -0.1) is 11.3 Å². The van der Waals surface area contributed by atoms with Crippen LogP contribution in [-0.4, -0.2) is 24.0 Å². The Morgan fingerprint density at radius 2 is 1.81 bits per heavy atom. The highest BCUT2D eigenvalue weighted by atomic mass is 32.1. The molecule has 0 bridgehead atoms. The SMILES string of the molecule is CCOC(=O)c1c(NC(=O)C(N)(CC)CC)sc(C)c1C. The van der Waals surface area contributed by atoms with Gasteiger partial charge in [-0.1, -0.05) is 13.8 Å². The number of hydrogen-bond donors (Lipinski definition) is 2. The van der Waals surface area contributed by atoms with Gasteiger partial charge in [0.15, 0.2) is 0 Å². The van der Waals surface area contributed by atoms with Crippen LogP contribution in [0.1, 0.15) is 54.4 Å². The molecule has 0 saturated heterocycles. The van der Waals surface area contributed by atoms with Crippen LogP contribution in [0, 0.1) is 13.8 Å². The van der Waals surface area contributed by atoms with Gasteiger partial charge in [0.05, 0.1) is 17.7 Å². The molecule has 0 saturated carbocycles. The average Bonchev–Trinajstić information content (AvgIpc) is 2.73. The van der Waals surface area contributed by atoms with Crippen LogP contribution in [0.4, 0.5) is 5.00 Å². The molecule has 21 heavy (non-hydrogen) atoms. The average molecular weight is 312 g/mol. The van der Waals surface area contributed by atoms with Crippen molar-refractivity contribution in [3.8, 4) is 0 Å². The zero-order valence-corrected chi connectivity index (χ0v) is 14.1. The molecule has 0 spiro atoms. The molecule has 118 valence electrons. The van der Waals surface area contributed by atoms with E-state index < -0.39 is 11.5 Å². The highest BCUT2D eigenvalue weighted by Crippen LogP contribution is 2.33. The van der Waals surface area contributed by atoms with Crippen LogP contribution in [0.25, 0.3) is 0 Å². The standard InChI is InChI=1S/C15H24N2O3S/c1-6-15(16,7-2)14(19)17-12-11(13(18)20-8-3)9(4)10(5)21-12/h6-8,16H2,1-5H3,(H,17,19). The summed E-state index contributed by atoms with van der Waals surface area (Å²) >= 11 is 1.37. The molecule has 0 unspecified atom stereocenters. The summed E-state index contributed by atoms with van der Waals surface area (Å²) < 4.78 is 5.07. The summed E-state index contributed by atoms with van der Waals surface area (Å²) in [5.74, 6) is -0.676. The number of esters is 1. The first-order valence-corrected chi connectivity index (χ1v) is 7.99. The number of nitrogens with one attached hydrogen (secondary N) is 1. The number of carbonyl (C=O) groups excluding carboxylic acids is 2. The van der Waals surface area contributed by atoms with E-state index in [2.05, 4.69) is 5.32 Å². The molecule has 0 aromatic carbocycles. The van der Waals surface area contributed by atoms with Crippen LogP contribution in [-0.2, 0) is 9.53 Å². The normalized spacial score (nSPS) is 11.3. The molecule has 0 aliphatic rings. The number of rotatable bonds is 6. The third-order valence-corrected chi connectivity index (χ3v) is 4.93. The van der Waals surface area contributed by atoms with Gasteiger partial charge in [-0.05, 0) is 39.2 Å². The number of carbonyl (C=O) groups is 2. The van der Waals surface area contributed by atoms with Crippen molar-refractivity contribution in [2.45, 2.75) is 53.0 Å². The van der Waals surface area contributed by atoms with Crippen molar-refractivity contribution in [2.75, 3.05) is 11.9 Å². The maximum atomic E-state index is 12.4. The number of aryl methyl sites for hydroxylation is 1. The number of nitrogens with two attached hydrogens (primary N) is 1. The van der Waals surface area contributed by atoms with Crippen LogP contribution in [0.2, 0.25) is 0 Å². The topological polar surface area (TPSA) is 81.4 Å². The fourth-order valence-corrected chi connectivity index (χ4v) is 3.01. The molecule has 3 N–H and O–H groups in total. The fraction of sp³-hybridized carbons (Fsp3) is 0.600. The van der Waals surface area contributed by atoms with Gasteiger partial charge >= 0.3 is 5.97 Å². The Morgan fingerprint density at radius 1 is 1.24 bits per heavy atom. The molecular formula is C15H24N2O3S. The fourth-order valence-electron chi connectivity index (χ4n) is 1.96. The van der Waals surface area contributed by atoms with Crippen molar-refractivity contribution in [1.82, 2.24) is 0 Å². The summed E-state index contributed by atoms with van der Waals surface area (Å²) in [6.07, 6.45) is 1.07. The predicted octanol–water partition coefficient (Wildman–Crippen LogP) is 3.00. The van der Waals surface area contributed by atoms with Crippen LogP contribution in [0.5, 0.6) is 0 Å². The quantitative estimate of drug-likeness (QED) is 0.791. The molecule has 0 aliphatic carbocycles. The monoisotopic (exact) mass is 312 g/mol. The maximum Gasteiger partial charge on any atom is 0.341 e. The zero-order chi connectivity index (χ0) is 16.2. The Bertz CT molecular complexity index is 533.